The number of likely N-dealkylation sites (N-methyl/N-ethyl adjacent to an activating group) is 1. The summed E-state index contributed by atoms with van der Waals surface area (Å²) in [7, 11) is 2.10. The lowest BCUT2D eigenvalue weighted by atomic mass is 10.0. The summed E-state index contributed by atoms with van der Waals surface area (Å²) in [5.41, 5.74) is 7.70. The van der Waals surface area contributed by atoms with Crippen LogP contribution in [-0.2, 0) is 0 Å². The van der Waals surface area contributed by atoms with Crippen LogP contribution in [0.25, 0.3) is 0 Å². The van der Waals surface area contributed by atoms with Crippen LogP contribution in [0.2, 0.25) is 0 Å². The molecule has 0 radical (unpaired) electrons. The predicted molar refractivity (Wildman–Crippen MR) is 83.2 cm³/mol. The van der Waals surface area contributed by atoms with Crippen LogP contribution >= 0.6 is 11.8 Å². The van der Waals surface area contributed by atoms with Gasteiger partial charge in [-0.1, -0.05) is 12.1 Å². The molecule has 0 bridgehead atoms. The van der Waals surface area contributed by atoms with Crippen molar-refractivity contribution in [3.8, 4) is 0 Å². The minimum Gasteiger partial charge on any atom is -0.329 e. The second kappa shape index (κ2) is 7.88. The van der Waals surface area contributed by atoms with Crippen molar-refractivity contribution in [1.82, 2.24) is 4.90 Å². The van der Waals surface area contributed by atoms with Crippen LogP contribution in [0.15, 0.2) is 18.2 Å². The number of aryl methyl sites for hydroxylation is 1. The van der Waals surface area contributed by atoms with Gasteiger partial charge in [0.05, 0.1) is 0 Å². The molecule has 19 heavy (non-hydrogen) atoms. The van der Waals surface area contributed by atoms with Crippen LogP contribution in [0.3, 0.4) is 0 Å². The van der Waals surface area contributed by atoms with E-state index in [-0.39, 0.29) is 11.9 Å². The average Bonchev–Trinajstić information content (AvgIpc) is 2.40. The van der Waals surface area contributed by atoms with Crippen molar-refractivity contribution in [3.05, 3.63) is 35.1 Å². The highest BCUT2D eigenvalue weighted by Crippen LogP contribution is 2.23. The summed E-state index contributed by atoms with van der Waals surface area (Å²) in [4.78, 5) is 2.29. The van der Waals surface area contributed by atoms with Gasteiger partial charge in [0.15, 0.2) is 0 Å². The Morgan fingerprint density at radius 1 is 1.42 bits per heavy atom. The van der Waals surface area contributed by atoms with Crippen LogP contribution in [-0.4, -0.2) is 36.5 Å². The zero-order chi connectivity index (χ0) is 14.4. The van der Waals surface area contributed by atoms with Crippen molar-refractivity contribution >= 4 is 11.8 Å². The maximum Gasteiger partial charge on any atom is 0.126 e. The third-order valence-corrected chi connectivity index (χ3v) is 4.36. The Kier molecular flexibility index (Phi) is 6.83. The maximum atomic E-state index is 13.3. The summed E-state index contributed by atoms with van der Waals surface area (Å²) in [6.45, 7) is 4.56. The first-order chi connectivity index (χ1) is 9.01. The first-order valence-corrected chi connectivity index (χ1v) is 8.07. The van der Waals surface area contributed by atoms with Gasteiger partial charge in [-0.05, 0) is 56.5 Å². The highest BCUT2D eigenvalue weighted by atomic mass is 32.2. The molecular formula is C15H25FN2S. The van der Waals surface area contributed by atoms with Gasteiger partial charge in [-0.25, -0.2) is 4.39 Å². The topological polar surface area (TPSA) is 29.3 Å². The normalized spacial score (nSPS) is 14.7. The van der Waals surface area contributed by atoms with E-state index in [1.54, 1.807) is 6.92 Å². The predicted octanol–water partition coefficient (Wildman–Crippen LogP) is 3.21. The first-order valence-electron chi connectivity index (χ1n) is 6.68. The van der Waals surface area contributed by atoms with Crippen molar-refractivity contribution in [2.24, 2.45) is 5.73 Å². The van der Waals surface area contributed by atoms with Gasteiger partial charge in [0.2, 0.25) is 0 Å². The van der Waals surface area contributed by atoms with E-state index in [0.717, 1.165) is 17.7 Å². The minimum atomic E-state index is -0.155. The molecule has 0 saturated heterocycles. The number of hydrogen-bond donors (Lipinski definition) is 1. The fourth-order valence-corrected chi connectivity index (χ4v) is 2.79. The van der Waals surface area contributed by atoms with E-state index in [2.05, 4.69) is 25.1 Å². The molecule has 0 aromatic heterocycles. The zero-order valence-corrected chi connectivity index (χ0v) is 13.1. The van der Waals surface area contributed by atoms with E-state index in [1.165, 1.54) is 6.07 Å². The molecule has 2 N–H and O–H groups in total. The summed E-state index contributed by atoms with van der Waals surface area (Å²) in [6, 6.07) is 5.90. The number of hydrogen-bond acceptors (Lipinski definition) is 3. The Hall–Kier alpha value is -0.580. The average molecular weight is 284 g/mol. The molecule has 0 heterocycles. The number of benzene rings is 1. The first kappa shape index (κ1) is 16.5. The summed E-state index contributed by atoms with van der Waals surface area (Å²) in [6.07, 6.45) is 3.25. The molecule has 1 aromatic rings. The van der Waals surface area contributed by atoms with Crippen molar-refractivity contribution in [2.45, 2.75) is 32.4 Å². The highest BCUT2D eigenvalue weighted by molar-refractivity contribution is 7.98. The molecule has 2 atom stereocenters. The number of halogens is 1. The quantitative estimate of drug-likeness (QED) is 0.833. The molecule has 108 valence electrons. The summed E-state index contributed by atoms with van der Waals surface area (Å²) in [5, 5.41) is 0. The van der Waals surface area contributed by atoms with Crippen LogP contribution in [0.5, 0.6) is 0 Å². The van der Waals surface area contributed by atoms with E-state index in [0.29, 0.717) is 18.2 Å². The zero-order valence-electron chi connectivity index (χ0n) is 12.3. The molecule has 4 heteroatoms. The third-order valence-electron chi connectivity index (χ3n) is 3.72. The number of thioether (sulfide) groups is 1. The van der Waals surface area contributed by atoms with Gasteiger partial charge < -0.3 is 5.73 Å². The third kappa shape index (κ3) is 4.48. The number of rotatable bonds is 7. The Labute approximate surface area is 120 Å². The molecule has 0 saturated carbocycles. The molecule has 0 aliphatic carbocycles. The Bertz CT molecular complexity index is 398. The highest BCUT2D eigenvalue weighted by Gasteiger charge is 2.20. The fourth-order valence-electron chi connectivity index (χ4n) is 2.21. The lowest BCUT2D eigenvalue weighted by Crippen LogP contribution is -2.37. The van der Waals surface area contributed by atoms with Crippen LogP contribution < -0.4 is 5.73 Å². The Balaban J connectivity index is 2.83. The van der Waals surface area contributed by atoms with Crippen molar-refractivity contribution in [2.75, 3.05) is 25.6 Å². The number of nitrogens with zero attached hydrogens (tertiary/aromatic N) is 1. The van der Waals surface area contributed by atoms with Gasteiger partial charge in [0.1, 0.15) is 5.82 Å². The van der Waals surface area contributed by atoms with Crippen LogP contribution in [0.1, 0.15) is 30.5 Å². The standard InChI is InChI=1S/C15H25FN2S/c1-11-9-13(5-6-14(11)16)15(10-17)18(3)12(2)7-8-19-4/h5-6,9,12,15H,7-8,10,17H2,1-4H3. The second-order valence-electron chi connectivity index (χ2n) is 5.06. The largest absolute Gasteiger partial charge is 0.329 e. The molecule has 0 amide bonds. The molecular weight excluding hydrogens is 259 g/mol. The van der Waals surface area contributed by atoms with E-state index in [1.807, 2.05) is 23.9 Å². The SMILES string of the molecule is CSCCC(C)N(C)C(CN)c1ccc(F)c(C)c1. The second-order valence-corrected chi connectivity index (χ2v) is 6.04. The van der Waals surface area contributed by atoms with Crippen LogP contribution in [0.4, 0.5) is 4.39 Å². The van der Waals surface area contributed by atoms with Gasteiger partial charge in [-0.3, -0.25) is 4.90 Å². The summed E-state index contributed by atoms with van der Waals surface area (Å²) < 4.78 is 13.3. The molecule has 2 unspecified atom stereocenters. The van der Waals surface area contributed by atoms with Gasteiger partial charge in [-0.15, -0.1) is 0 Å². The molecule has 1 rings (SSSR count). The van der Waals surface area contributed by atoms with Gasteiger partial charge >= 0.3 is 0 Å². The molecule has 0 fully saturated rings. The van der Waals surface area contributed by atoms with E-state index < -0.39 is 0 Å². The lowest BCUT2D eigenvalue weighted by molar-refractivity contribution is 0.185. The Morgan fingerprint density at radius 3 is 2.63 bits per heavy atom. The van der Waals surface area contributed by atoms with Crippen LogP contribution in [0, 0.1) is 12.7 Å². The van der Waals surface area contributed by atoms with Gasteiger partial charge in [-0.2, -0.15) is 11.8 Å². The smallest absolute Gasteiger partial charge is 0.126 e. The minimum absolute atomic E-state index is 0.149. The molecule has 0 spiro atoms. The van der Waals surface area contributed by atoms with E-state index >= 15 is 0 Å². The van der Waals surface area contributed by atoms with Crippen molar-refractivity contribution in [3.63, 3.8) is 0 Å². The molecule has 2 nitrogen and oxygen atoms in total. The van der Waals surface area contributed by atoms with Gasteiger partial charge in [0.25, 0.3) is 0 Å². The molecule has 0 aliphatic rings. The van der Waals surface area contributed by atoms with Crippen molar-refractivity contribution < 1.29 is 4.39 Å². The molecule has 1 aromatic carbocycles. The van der Waals surface area contributed by atoms with Crippen molar-refractivity contribution in [1.29, 1.82) is 0 Å². The monoisotopic (exact) mass is 284 g/mol. The number of nitrogens with two attached hydrogens (primary N) is 1. The fraction of sp³-hybridized carbons (Fsp3) is 0.600. The van der Waals surface area contributed by atoms with E-state index in [4.69, 9.17) is 5.73 Å². The van der Waals surface area contributed by atoms with Gasteiger partial charge in [0, 0.05) is 18.6 Å². The summed E-state index contributed by atoms with van der Waals surface area (Å²) in [5.74, 6) is 0.989. The summed E-state index contributed by atoms with van der Waals surface area (Å²) >= 11 is 1.86. The molecule has 0 aliphatic heterocycles. The Morgan fingerprint density at radius 2 is 2.11 bits per heavy atom. The maximum absolute atomic E-state index is 13.3. The lowest BCUT2D eigenvalue weighted by Gasteiger charge is -2.33. The van der Waals surface area contributed by atoms with E-state index in [9.17, 15) is 4.39 Å².